The number of rotatable bonds is 6. The number of hydrogen-bond acceptors (Lipinski definition) is 6. The first-order valence-electron chi connectivity index (χ1n) is 10.5. The molecule has 7 nitrogen and oxygen atoms in total. The molecule has 2 aromatic rings. The first-order chi connectivity index (χ1) is 15.5. The van der Waals surface area contributed by atoms with Crippen molar-refractivity contribution in [1.29, 1.82) is 0 Å². The van der Waals surface area contributed by atoms with Crippen molar-refractivity contribution < 1.29 is 27.5 Å². The fourth-order valence-corrected chi connectivity index (χ4v) is 5.14. The number of hydrogen-bond donors (Lipinski definition) is 0. The van der Waals surface area contributed by atoms with E-state index in [4.69, 9.17) is 16.3 Å². The fourth-order valence-electron chi connectivity index (χ4n) is 4.20. The first kappa shape index (κ1) is 24.9. The molecule has 1 amide bonds. The monoisotopic (exact) mass is 491 g/mol. The number of carbonyl (C=O) groups excluding carboxylic acids is 3. The molecule has 0 N–H and O–H groups in total. The number of amides is 1. The lowest BCUT2D eigenvalue weighted by atomic mass is 9.74. The number of halogens is 1. The van der Waals surface area contributed by atoms with Gasteiger partial charge in [0.2, 0.25) is 0 Å². The van der Waals surface area contributed by atoms with Crippen LogP contribution in [0.1, 0.15) is 47.2 Å². The van der Waals surface area contributed by atoms with Crippen LogP contribution in [0, 0.1) is 6.92 Å². The summed E-state index contributed by atoms with van der Waals surface area (Å²) in [5.41, 5.74) is -0.104. The summed E-state index contributed by atoms with van der Waals surface area (Å²) in [6.45, 7) is 1.04. The van der Waals surface area contributed by atoms with Gasteiger partial charge in [0.15, 0.2) is 22.2 Å². The van der Waals surface area contributed by atoms with E-state index in [0.29, 0.717) is 29.0 Å². The van der Waals surface area contributed by atoms with E-state index in [1.54, 1.807) is 31.2 Å². The second-order valence-corrected chi connectivity index (χ2v) is 10.7. The highest BCUT2D eigenvalue weighted by atomic mass is 35.5. The number of benzene rings is 2. The van der Waals surface area contributed by atoms with Crippen LogP contribution in [0.25, 0.3) is 0 Å². The molecule has 1 aliphatic carbocycles. The van der Waals surface area contributed by atoms with Crippen LogP contribution in [0.2, 0.25) is 5.02 Å². The maximum atomic E-state index is 13.1. The van der Waals surface area contributed by atoms with E-state index in [9.17, 15) is 22.8 Å². The molecule has 3 rings (SSSR count). The summed E-state index contributed by atoms with van der Waals surface area (Å²) in [6, 6.07) is 11.1. The van der Waals surface area contributed by atoms with E-state index in [0.717, 1.165) is 19.1 Å². The zero-order valence-electron chi connectivity index (χ0n) is 18.8. The van der Waals surface area contributed by atoms with Crippen LogP contribution in [0.4, 0.5) is 0 Å². The highest BCUT2D eigenvalue weighted by Gasteiger charge is 2.48. The molecule has 0 heterocycles. The standard InChI is InChI=1S/C24H26ClNO6S/c1-16-11-12-17(33(3,30)31)14-18(16)23(29)32-15-22(28)26(2)24(13-7-6-10-21(24)27)19-8-4-5-9-20(19)25/h4-5,8-9,11-12,14H,6-7,10,13,15H2,1-3H3/t24-/m1/s1. The summed E-state index contributed by atoms with van der Waals surface area (Å²) < 4.78 is 28.9. The average Bonchev–Trinajstić information content (AvgIpc) is 2.77. The zero-order valence-corrected chi connectivity index (χ0v) is 20.3. The molecule has 0 saturated heterocycles. The van der Waals surface area contributed by atoms with Gasteiger partial charge in [-0.25, -0.2) is 13.2 Å². The Bertz CT molecular complexity index is 1210. The van der Waals surface area contributed by atoms with Crippen molar-refractivity contribution in [3.63, 3.8) is 0 Å². The highest BCUT2D eigenvalue weighted by Crippen LogP contribution is 2.42. The predicted molar refractivity (Wildman–Crippen MR) is 124 cm³/mol. The molecule has 0 aromatic heterocycles. The topological polar surface area (TPSA) is 97.8 Å². The van der Waals surface area contributed by atoms with E-state index in [1.807, 2.05) is 0 Å². The van der Waals surface area contributed by atoms with Crippen LogP contribution in [-0.2, 0) is 29.7 Å². The first-order valence-corrected chi connectivity index (χ1v) is 12.8. The molecular formula is C24H26ClNO6S. The Hall–Kier alpha value is -2.71. The SMILES string of the molecule is Cc1ccc(S(C)(=O)=O)cc1C(=O)OCC(=O)N(C)[C@@]1(c2ccccc2Cl)CCCCC1=O. The van der Waals surface area contributed by atoms with E-state index >= 15 is 0 Å². The predicted octanol–water partition coefficient (Wildman–Crippen LogP) is 3.71. The number of carbonyl (C=O) groups is 3. The van der Waals surface area contributed by atoms with E-state index in [2.05, 4.69) is 0 Å². The number of esters is 1. The lowest BCUT2D eigenvalue weighted by molar-refractivity contribution is -0.150. The van der Waals surface area contributed by atoms with Gasteiger partial charge in [-0.2, -0.15) is 0 Å². The summed E-state index contributed by atoms with van der Waals surface area (Å²) in [5.74, 6) is -1.49. The van der Waals surface area contributed by atoms with Crippen molar-refractivity contribution in [2.24, 2.45) is 0 Å². The zero-order chi connectivity index (χ0) is 24.4. The summed E-state index contributed by atoms with van der Waals surface area (Å²) in [5, 5.41) is 0.387. The Morgan fingerprint density at radius 1 is 1.15 bits per heavy atom. The van der Waals surface area contributed by atoms with E-state index < -0.39 is 33.9 Å². The largest absolute Gasteiger partial charge is 0.452 e. The number of Topliss-reactive ketones (excluding diaryl/α,β-unsaturated/α-hetero) is 1. The smallest absolute Gasteiger partial charge is 0.338 e. The van der Waals surface area contributed by atoms with Crippen LogP contribution < -0.4 is 0 Å². The van der Waals surface area contributed by atoms with Crippen molar-refractivity contribution in [3.8, 4) is 0 Å². The van der Waals surface area contributed by atoms with Gasteiger partial charge in [0.05, 0.1) is 10.5 Å². The van der Waals surface area contributed by atoms with Crippen molar-refractivity contribution in [1.82, 2.24) is 4.90 Å². The van der Waals surface area contributed by atoms with Crippen LogP contribution in [0.5, 0.6) is 0 Å². The Morgan fingerprint density at radius 3 is 2.48 bits per heavy atom. The van der Waals surface area contributed by atoms with Gasteiger partial charge in [-0.15, -0.1) is 0 Å². The van der Waals surface area contributed by atoms with Gasteiger partial charge in [0, 0.05) is 30.3 Å². The third kappa shape index (κ3) is 4.96. The molecule has 0 bridgehead atoms. The van der Waals surface area contributed by atoms with E-state index in [-0.39, 0.29) is 16.2 Å². The third-order valence-electron chi connectivity index (χ3n) is 6.10. The van der Waals surface area contributed by atoms with Gasteiger partial charge < -0.3 is 9.64 Å². The molecule has 1 aliphatic rings. The van der Waals surface area contributed by atoms with Gasteiger partial charge in [-0.1, -0.05) is 35.9 Å². The maximum absolute atomic E-state index is 13.1. The molecule has 0 spiro atoms. The highest BCUT2D eigenvalue weighted by molar-refractivity contribution is 7.90. The molecule has 0 radical (unpaired) electrons. The number of ketones is 1. The number of likely N-dealkylation sites (N-methyl/N-ethyl adjacent to an activating group) is 1. The van der Waals surface area contributed by atoms with E-state index in [1.165, 1.54) is 30.1 Å². The van der Waals surface area contributed by atoms with Crippen LogP contribution in [0.15, 0.2) is 47.4 Å². The summed E-state index contributed by atoms with van der Waals surface area (Å²) in [4.78, 5) is 40.2. The minimum Gasteiger partial charge on any atom is -0.452 e. The van der Waals surface area contributed by atoms with Gasteiger partial charge >= 0.3 is 5.97 Å². The minimum absolute atomic E-state index is 0.0195. The Morgan fingerprint density at radius 2 is 1.85 bits per heavy atom. The second kappa shape index (κ2) is 9.65. The summed E-state index contributed by atoms with van der Waals surface area (Å²) in [6.07, 6.45) is 3.26. The summed E-state index contributed by atoms with van der Waals surface area (Å²) in [7, 11) is -2.00. The fraction of sp³-hybridized carbons (Fsp3) is 0.375. The number of aryl methyl sites for hydroxylation is 1. The molecule has 2 aromatic carbocycles. The summed E-state index contributed by atoms with van der Waals surface area (Å²) >= 11 is 6.41. The second-order valence-electron chi connectivity index (χ2n) is 8.25. The molecule has 176 valence electrons. The molecule has 0 aliphatic heterocycles. The Labute approximate surface area is 198 Å². The van der Waals surface area contributed by atoms with Gasteiger partial charge in [-0.3, -0.25) is 9.59 Å². The van der Waals surface area contributed by atoms with Crippen molar-refractivity contribution >= 4 is 39.1 Å². The van der Waals surface area contributed by atoms with Gasteiger partial charge in [0.25, 0.3) is 5.91 Å². The molecule has 1 fully saturated rings. The number of ether oxygens (including phenoxy) is 1. The maximum Gasteiger partial charge on any atom is 0.338 e. The quantitative estimate of drug-likeness (QED) is 0.571. The number of nitrogens with zero attached hydrogens (tertiary/aromatic N) is 1. The normalized spacial score (nSPS) is 18.6. The lowest BCUT2D eigenvalue weighted by Crippen LogP contribution is -2.55. The molecule has 33 heavy (non-hydrogen) atoms. The lowest BCUT2D eigenvalue weighted by Gasteiger charge is -2.43. The van der Waals surface area contributed by atoms with Crippen molar-refractivity contribution in [2.45, 2.75) is 43.0 Å². The van der Waals surface area contributed by atoms with Crippen LogP contribution in [0.3, 0.4) is 0 Å². The molecule has 0 unspecified atom stereocenters. The molecule has 9 heteroatoms. The molecule has 1 atom stereocenters. The van der Waals surface area contributed by atoms with Gasteiger partial charge in [0.1, 0.15) is 5.54 Å². The molecule has 1 saturated carbocycles. The van der Waals surface area contributed by atoms with Crippen molar-refractivity contribution in [2.75, 3.05) is 19.9 Å². The van der Waals surface area contributed by atoms with Crippen LogP contribution in [-0.4, -0.2) is 50.9 Å². The van der Waals surface area contributed by atoms with Crippen molar-refractivity contribution in [3.05, 3.63) is 64.2 Å². The molecular weight excluding hydrogens is 466 g/mol. The third-order valence-corrected chi connectivity index (χ3v) is 7.54. The van der Waals surface area contributed by atoms with Gasteiger partial charge in [-0.05, 0) is 49.9 Å². The number of sulfone groups is 1. The Kier molecular flexibility index (Phi) is 7.29. The minimum atomic E-state index is -3.52. The Balaban J connectivity index is 1.84. The average molecular weight is 492 g/mol. The van der Waals surface area contributed by atoms with Crippen LogP contribution >= 0.6 is 11.6 Å².